The third-order valence-corrected chi connectivity index (χ3v) is 13.4. The monoisotopic (exact) mass is 799 g/mol. The summed E-state index contributed by atoms with van der Waals surface area (Å²) < 4.78 is 6.09. The van der Waals surface area contributed by atoms with Gasteiger partial charge in [-0.15, -0.1) is 10.2 Å². The van der Waals surface area contributed by atoms with Crippen LogP contribution in [0, 0.1) is 22.7 Å². The topological polar surface area (TPSA) is 181 Å². The molecule has 1 aromatic heterocycles. The maximum Gasteiger partial charge on any atom is 0.272 e. The van der Waals surface area contributed by atoms with Crippen LogP contribution in [0.5, 0.6) is 5.75 Å². The number of hydrogen-bond donors (Lipinski definition) is 2. The Bertz CT molecular complexity index is 2160. The first-order valence-electron chi connectivity index (χ1n) is 21.0. The van der Waals surface area contributed by atoms with Crippen LogP contribution in [0.4, 0.5) is 11.5 Å². The summed E-state index contributed by atoms with van der Waals surface area (Å²) in [6.45, 7) is 6.86. The summed E-state index contributed by atoms with van der Waals surface area (Å²) >= 11 is 0. The first kappa shape index (κ1) is 38.6. The van der Waals surface area contributed by atoms with E-state index < -0.39 is 23.8 Å². The van der Waals surface area contributed by atoms with Gasteiger partial charge in [0.1, 0.15) is 11.8 Å². The Balaban J connectivity index is 0.683. The second-order valence-corrected chi connectivity index (χ2v) is 17.2. The van der Waals surface area contributed by atoms with Crippen molar-refractivity contribution < 1.29 is 28.7 Å². The van der Waals surface area contributed by atoms with E-state index in [1.807, 2.05) is 24.3 Å². The molecule has 15 nitrogen and oxygen atoms in total. The van der Waals surface area contributed by atoms with Crippen LogP contribution in [0.1, 0.15) is 101 Å². The highest BCUT2D eigenvalue weighted by Crippen LogP contribution is 2.44. The summed E-state index contributed by atoms with van der Waals surface area (Å²) in [5.74, 6) is 0.0485. The SMILES string of the molecule is N#Cc1ccc(O[C@H]2CC[C@H](NC(=O)c3ccc(N4CCC(CN5CCC6(CC5)CN(c5ccc7c(c5)C(=O)N(C5CCC(=O)NC5=O)C7=O)C6)CC4)nn3)CC2)cc1. The van der Waals surface area contributed by atoms with Gasteiger partial charge in [0.15, 0.2) is 11.5 Å². The Kier molecular flexibility index (Phi) is 10.5. The number of nitrogens with one attached hydrogen (secondary N) is 2. The Morgan fingerprint density at radius 1 is 0.831 bits per heavy atom. The number of amides is 5. The normalized spacial score (nSPS) is 24.7. The second-order valence-electron chi connectivity index (χ2n) is 17.2. The summed E-state index contributed by atoms with van der Waals surface area (Å²) in [6, 6.07) is 17.5. The van der Waals surface area contributed by atoms with Gasteiger partial charge >= 0.3 is 0 Å². The van der Waals surface area contributed by atoms with Crippen molar-refractivity contribution in [2.45, 2.75) is 82.4 Å². The predicted molar refractivity (Wildman–Crippen MR) is 216 cm³/mol. The number of hydrogen-bond acceptors (Lipinski definition) is 12. The summed E-state index contributed by atoms with van der Waals surface area (Å²) in [7, 11) is 0. The number of rotatable bonds is 9. The molecule has 59 heavy (non-hydrogen) atoms. The minimum absolute atomic E-state index is 0.0678. The molecule has 6 heterocycles. The number of piperidine rings is 3. The molecule has 0 bridgehead atoms. The lowest BCUT2D eigenvalue weighted by atomic mass is 9.71. The van der Waals surface area contributed by atoms with Crippen molar-refractivity contribution in [1.29, 1.82) is 5.26 Å². The minimum atomic E-state index is -0.964. The van der Waals surface area contributed by atoms with Crippen LogP contribution in [-0.2, 0) is 9.59 Å². The van der Waals surface area contributed by atoms with Crippen molar-refractivity contribution in [1.82, 2.24) is 30.6 Å². The molecule has 1 unspecified atom stereocenters. The molecule has 2 N–H and O–H groups in total. The van der Waals surface area contributed by atoms with Crippen molar-refractivity contribution in [3.05, 3.63) is 77.0 Å². The van der Waals surface area contributed by atoms with Crippen molar-refractivity contribution >= 4 is 41.0 Å². The van der Waals surface area contributed by atoms with E-state index >= 15 is 0 Å². The molecule has 15 heteroatoms. The molecule has 1 spiro atoms. The third kappa shape index (κ3) is 7.98. The summed E-state index contributed by atoms with van der Waals surface area (Å²) in [4.78, 5) is 71.7. The molecule has 0 radical (unpaired) electrons. The first-order chi connectivity index (χ1) is 28.6. The van der Waals surface area contributed by atoms with Gasteiger partial charge in [0.2, 0.25) is 11.8 Å². The molecule has 4 saturated heterocycles. The fourth-order valence-electron chi connectivity index (χ4n) is 9.84. The fraction of sp³-hybridized carbons (Fsp3) is 0.500. The molecule has 5 amide bonds. The van der Waals surface area contributed by atoms with Crippen LogP contribution in [0.2, 0.25) is 0 Å². The zero-order chi connectivity index (χ0) is 40.7. The zero-order valence-electron chi connectivity index (χ0n) is 33.1. The van der Waals surface area contributed by atoms with Crippen molar-refractivity contribution in [3.8, 4) is 11.8 Å². The number of anilines is 2. The smallest absolute Gasteiger partial charge is 0.272 e. The lowest BCUT2D eigenvalue weighted by Gasteiger charge is -2.55. The molecular weight excluding hydrogens is 751 g/mol. The molecule has 1 atom stereocenters. The lowest BCUT2D eigenvalue weighted by Crippen LogP contribution is -2.60. The highest BCUT2D eigenvalue weighted by Gasteiger charge is 2.47. The fourth-order valence-corrected chi connectivity index (χ4v) is 9.84. The highest BCUT2D eigenvalue weighted by atomic mass is 16.5. The maximum atomic E-state index is 13.3. The molecule has 1 aliphatic carbocycles. The van der Waals surface area contributed by atoms with Crippen LogP contribution >= 0.6 is 0 Å². The molecule has 6 aliphatic rings. The van der Waals surface area contributed by atoms with Gasteiger partial charge in [-0.1, -0.05) is 0 Å². The largest absolute Gasteiger partial charge is 0.490 e. The van der Waals surface area contributed by atoms with Gasteiger partial charge in [-0.2, -0.15) is 5.26 Å². The number of aromatic nitrogens is 2. The van der Waals surface area contributed by atoms with Crippen molar-refractivity contribution in [3.63, 3.8) is 0 Å². The van der Waals surface area contributed by atoms with Crippen LogP contribution in [-0.4, -0.2) is 114 Å². The Labute approximate surface area is 343 Å². The number of carbonyl (C=O) groups is 5. The van der Waals surface area contributed by atoms with Gasteiger partial charge in [0, 0.05) is 56.3 Å². The predicted octanol–water partition coefficient (Wildman–Crippen LogP) is 3.69. The van der Waals surface area contributed by atoms with Crippen molar-refractivity contribution in [2.24, 2.45) is 11.3 Å². The van der Waals surface area contributed by atoms with E-state index in [2.05, 4.69) is 41.6 Å². The van der Waals surface area contributed by atoms with Gasteiger partial charge in [-0.05, 0) is 131 Å². The highest BCUT2D eigenvalue weighted by molar-refractivity contribution is 6.23. The van der Waals surface area contributed by atoms with E-state index in [1.54, 1.807) is 30.3 Å². The number of likely N-dealkylation sites (tertiary alicyclic amines) is 1. The number of carbonyl (C=O) groups excluding carboxylic acids is 5. The average molecular weight is 800 g/mol. The lowest BCUT2D eigenvalue weighted by molar-refractivity contribution is -0.136. The zero-order valence-corrected chi connectivity index (χ0v) is 33.1. The van der Waals surface area contributed by atoms with Gasteiger partial charge in [-0.3, -0.25) is 34.2 Å². The van der Waals surface area contributed by atoms with Gasteiger partial charge in [-0.25, -0.2) is 0 Å². The van der Waals surface area contributed by atoms with Crippen LogP contribution in [0.25, 0.3) is 0 Å². The standard InChI is InChI=1S/C44H49N9O6/c45-24-28-1-6-32(7-2-28)59-33-8-3-30(4-9-33)46-40(55)36-11-13-38(49-48-36)51-19-15-29(16-20-51)25-50-21-17-44(18-22-50)26-52(27-44)31-5-10-34-35(23-31)43(58)53(42(34)57)37-12-14-39(54)47-41(37)56/h1-2,5-7,10-11,13,23,29-30,33,37H,3-4,8-9,12,14-22,25-27H2,(H,46,55)(H,47,54,56)/t30-,33-,37?. The molecule has 5 aliphatic heterocycles. The van der Waals surface area contributed by atoms with Gasteiger partial charge in [0.05, 0.1) is 28.9 Å². The van der Waals surface area contributed by atoms with E-state index in [4.69, 9.17) is 10.00 Å². The number of nitrogens with zero attached hydrogens (tertiary/aromatic N) is 7. The minimum Gasteiger partial charge on any atom is -0.490 e. The molecule has 306 valence electrons. The quantitative estimate of drug-likeness (QED) is 0.300. The van der Waals surface area contributed by atoms with E-state index in [0.29, 0.717) is 28.3 Å². The Morgan fingerprint density at radius 3 is 2.24 bits per heavy atom. The molecular formula is C44H49N9O6. The van der Waals surface area contributed by atoms with Gasteiger partial charge in [0.25, 0.3) is 17.7 Å². The summed E-state index contributed by atoms with van der Waals surface area (Å²) in [5.41, 5.74) is 2.73. The van der Waals surface area contributed by atoms with Crippen LogP contribution in [0.3, 0.4) is 0 Å². The molecule has 2 aromatic carbocycles. The first-order valence-corrected chi connectivity index (χ1v) is 21.0. The van der Waals surface area contributed by atoms with E-state index in [9.17, 15) is 24.0 Å². The van der Waals surface area contributed by atoms with Crippen LogP contribution < -0.4 is 25.2 Å². The number of benzene rings is 2. The number of imide groups is 2. The number of nitriles is 1. The molecule has 9 rings (SSSR count). The number of fused-ring (bicyclic) bond motifs is 1. The molecule has 5 fully saturated rings. The molecule has 1 saturated carbocycles. The Morgan fingerprint density at radius 2 is 1.56 bits per heavy atom. The number of ether oxygens (including phenoxy) is 1. The molecule has 3 aromatic rings. The van der Waals surface area contributed by atoms with E-state index in [1.165, 1.54) is 0 Å². The Hall–Kier alpha value is -5.88. The van der Waals surface area contributed by atoms with Crippen molar-refractivity contribution in [2.75, 3.05) is 55.6 Å². The summed E-state index contributed by atoms with van der Waals surface area (Å²) in [6.07, 6.45) is 8.07. The third-order valence-electron chi connectivity index (χ3n) is 13.4. The maximum absolute atomic E-state index is 13.3. The van der Waals surface area contributed by atoms with Crippen LogP contribution in [0.15, 0.2) is 54.6 Å². The average Bonchev–Trinajstić information content (AvgIpc) is 3.49. The van der Waals surface area contributed by atoms with E-state index in [-0.39, 0.29) is 42.2 Å². The van der Waals surface area contributed by atoms with Gasteiger partial charge < -0.3 is 24.8 Å². The second kappa shape index (κ2) is 16.1. The van der Waals surface area contributed by atoms with E-state index in [0.717, 1.165) is 119 Å². The summed E-state index contributed by atoms with van der Waals surface area (Å²) in [5, 5.41) is 23.1.